The molecule has 0 aliphatic rings. The maximum absolute atomic E-state index is 12.6. The number of aryl methyl sites for hydroxylation is 1. The number of methoxy groups -OCH3 is 2. The number of halogens is 1. The molecule has 2 aromatic carbocycles. The van der Waals surface area contributed by atoms with Crippen molar-refractivity contribution in [3.05, 3.63) is 63.8 Å². The van der Waals surface area contributed by atoms with Gasteiger partial charge in [0.15, 0.2) is 5.69 Å². The lowest BCUT2D eigenvalue weighted by Gasteiger charge is -2.08. The average molecular weight is 445 g/mol. The summed E-state index contributed by atoms with van der Waals surface area (Å²) in [6.07, 6.45) is 0. The molecule has 0 saturated heterocycles. The summed E-state index contributed by atoms with van der Waals surface area (Å²) >= 11 is 3.42. The van der Waals surface area contributed by atoms with Gasteiger partial charge < -0.3 is 14.6 Å². The minimum atomic E-state index is -0.770. The van der Waals surface area contributed by atoms with Gasteiger partial charge in [0.2, 0.25) is 0 Å². The summed E-state index contributed by atoms with van der Waals surface area (Å²) in [7, 11) is 2.42. The van der Waals surface area contributed by atoms with Crippen LogP contribution >= 0.6 is 15.9 Å². The molecule has 144 valence electrons. The molecule has 0 spiro atoms. The van der Waals surface area contributed by atoms with E-state index in [1.165, 1.54) is 18.9 Å². The monoisotopic (exact) mass is 444 g/mol. The van der Waals surface area contributed by atoms with Crippen molar-refractivity contribution in [1.82, 2.24) is 9.78 Å². The van der Waals surface area contributed by atoms with Gasteiger partial charge in [0.05, 0.1) is 19.9 Å². The summed E-state index contributed by atoms with van der Waals surface area (Å²) < 4.78 is 11.8. The smallest absolute Gasteiger partial charge is 0.357 e. The summed E-state index contributed by atoms with van der Waals surface area (Å²) in [5.74, 6) is -1.61. The topological polar surface area (TPSA) is 90.6 Å². The Labute approximate surface area is 169 Å². The zero-order valence-corrected chi connectivity index (χ0v) is 17.0. The quantitative estimate of drug-likeness (QED) is 0.613. The number of carbonyl (C=O) groups excluding carboxylic acids is 2. The van der Waals surface area contributed by atoms with Crippen molar-refractivity contribution in [2.24, 2.45) is 0 Å². The lowest BCUT2D eigenvalue weighted by atomic mass is 10.0. The van der Waals surface area contributed by atoms with Crippen molar-refractivity contribution < 1.29 is 24.2 Å². The van der Waals surface area contributed by atoms with Crippen LogP contribution < -0.4 is 0 Å². The van der Waals surface area contributed by atoms with Gasteiger partial charge in [-0.25, -0.2) is 14.3 Å². The van der Waals surface area contributed by atoms with E-state index in [1.807, 2.05) is 13.0 Å². The second-order valence-corrected chi connectivity index (χ2v) is 6.78. The van der Waals surface area contributed by atoms with E-state index in [-0.39, 0.29) is 28.3 Å². The third-order valence-electron chi connectivity index (χ3n) is 4.19. The van der Waals surface area contributed by atoms with Crippen molar-refractivity contribution in [3.8, 4) is 22.7 Å². The Balaban J connectivity index is 2.40. The summed E-state index contributed by atoms with van der Waals surface area (Å²) in [6.45, 7) is 1.82. The van der Waals surface area contributed by atoms with Crippen LogP contribution in [0.5, 0.6) is 5.75 Å². The highest BCUT2D eigenvalue weighted by molar-refractivity contribution is 9.10. The maximum Gasteiger partial charge on any atom is 0.357 e. The largest absolute Gasteiger partial charge is 0.507 e. The first-order valence-electron chi connectivity index (χ1n) is 8.23. The number of carbonyl (C=O) groups is 2. The molecule has 0 aliphatic heterocycles. The number of aromatic hydroxyl groups is 1. The molecule has 0 saturated carbocycles. The summed E-state index contributed by atoms with van der Waals surface area (Å²) in [6, 6.07) is 12.0. The molecule has 0 unspecified atom stereocenters. The Kier molecular flexibility index (Phi) is 5.51. The molecule has 3 aromatic rings. The summed E-state index contributed by atoms with van der Waals surface area (Å²) in [5.41, 5.74) is 1.55. The van der Waals surface area contributed by atoms with Crippen molar-refractivity contribution in [2.75, 3.05) is 14.2 Å². The molecule has 1 heterocycles. The van der Waals surface area contributed by atoms with E-state index in [0.29, 0.717) is 10.2 Å². The van der Waals surface area contributed by atoms with Crippen molar-refractivity contribution in [2.45, 2.75) is 6.92 Å². The summed E-state index contributed by atoms with van der Waals surface area (Å²) in [5, 5.41) is 14.9. The molecule has 8 heteroatoms. The van der Waals surface area contributed by atoms with Gasteiger partial charge in [0.25, 0.3) is 0 Å². The van der Waals surface area contributed by atoms with Gasteiger partial charge in [0, 0.05) is 10.0 Å². The first kappa shape index (κ1) is 19.6. The fourth-order valence-electron chi connectivity index (χ4n) is 2.80. The highest BCUT2D eigenvalue weighted by atomic mass is 79.9. The molecule has 0 bridgehead atoms. The van der Waals surface area contributed by atoms with Gasteiger partial charge in [-0.2, -0.15) is 5.10 Å². The number of nitrogens with zero attached hydrogens (tertiary/aromatic N) is 2. The number of phenols is 1. The molecule has 1 aromatic heterocycles. The molecular formula is C20H17BrN2O5. The molecule has 0 atom stereocenters. The second-order valence-electron chi connectivity index (χ2n) is 5.92. The Morgan fingerprint density at radius 3 is 2.32 bits per heavy atom. The predicted octanol–water partition coefficient (Wildman–Crippen LogP) is 3.89. The zero-order chi connectivity index (χ0) is 20.4. The first-order valence-corrected chi connectivity index (χ1v) is 9.02. The fraction of sp³-hybridized carbons (Fsp3) is 0.150. The van der Waals surface area contributed by atoms with Crippen LogP contribution in [-0.2, 0) is 9.47 Å². The number of para-hydroxylation sites is 1. The normalized spacial score (nSPS) is 10.6. The van der Waals surface area contributed by atoms with Crippen LogP contribution in [0.15, 0.2) is 46.9 Å². The summed E-state index contributed by atoms with van der Waals surface area (Å²) in [4.78, 5) is 25.1. The third-order valence-corrected chi connectivity index (χ3v) is 5.04. The number of hydrogen-bond donors (Lipinski definition) is 1. The van der Waals surface area contributed by atoms with Gasteiger partial charge in [-0.05, 0) is 36.8 Å². The van der Waals surface area contributed by atoms with Gasteiger partial charge in [0.1, 0.15) is 17.0 Å². The number of esters is 2. The Morgan fingerprint density at radius 2 is 1.71 bits per heavy atom. The van der Waals surface area contributed by atoms with Gasteiger partial charge in [-0.15, -0.1) is 0 Å². The Bertz CT molecular complexity index is 1060. The molecule has 0 radical (unpaired) electrons. The number of benzene rings is 2. The van der Waals surface area contributed by atoms with Gasteiger partial charge in [-0.1, -0.05) is 34.1 Å². The molecular weight excluding hydrogens is 428 g/mol. The highest BCUT2D eigenvalue weighted by Gasteiger charge is 2.32. The third kappa shape index (κ3) is 3.38. The molecule has 7 nitrogen and oxygen atoms in total. The fourth-order valence-corrected chi connectivity index (χ4v) is 3.14. The first-order chi connectivity index (χ1) is 13.4. The lowest BCUT2D eigenvalue weighted by Crippen LogP contribution is -2.15. The maximum atomic E-state index is 12.6. The number of hydrogen-bond acceptors (Lipinski definition) is 6. The van der Waals surface area contributed by atoms with Crippen LogP contribution in [0.4, 0.5) is 0 Å². The highest BCUT2D eigenvalue weighted by Crippen LogP contribution is 2.37. The Morgan fingerprint density at radius 1 is 1.07 bits per heavy atom. The van der Waals surface area contributed by atoms with Crippen LogP contribution in [0.2, 0.25) is 0 Å². The molecule has 0 amide bonds. The van der Waals surface area contributed by atoms with Gasteiger partial charge >= 0.3 is 11.9 Å². The van der Waals surface area contributed by atoms with Crippen molar-refractivity contribution in [3.63, 3.8) is 0 Å². The SMILES string of the molecule is COC(=O)c1c(-c2cc(Br)c(C)cc2O)nn(-c2ccccc2)c1C(=O)OC. The van der Waals surface area contributed by atoms with E-state index < -0.39 is 11.9 Å². The molecule has 28 heavy (non-hydrogen) atoms. The van der Waals surface area contributed by atoms with E-state index in [1.54, 1.807) is 36.4 Å². The average Bonchev–Trinajstić information content (AvgIpc) is 3.10. The lowest BCUT2D eigenvalue weighted by molar-refractivity contribution is 0.0549. The minimum absolute atomic E-state index is 0.0834. The van der Waals surface area contributed by atoms with E-state index in [4.69, 9.17) is 9.47 Å². The van der Waals surface area contributed by atoms with E-state index in [0.717, 1.165) is 5.56 Å². The zero-order valence-electron chi connectivity index (χ0n) is 15.4. The van der Waals surface area contributed by atoms with Crippen LogP contribution in [0.25, 0.3) is 16.9 Å². The molecule has 0 fully saturated rings. The standard InChI is InChI=1S/C20H17BrN2O5/c1-11-9-15(24)13(10-14(11)21)17-16(19(25)27-2)18(20(26)28-3)23(22-17)12-7-5-4-6-8-12/h4-10,24H,1-3H3. The van der Waals surface area contributed by atoms with E-state index >= 15 is 0 Å². The minimum Gasteiger partial charge on any atom is -0.507 e. The van der Waals surface area contributed by atoms with Crippen LogP contribution in [0.1, 0.15) is 26.4 Å². The van der Waals surface area contributed by atoms with Crippen molar-refractivity contribution in [1.29, 1.82) is 0 Å². The second kappa shape index (κ2) is 7.85. The van der Waals surface area contributed by atoms with Crippen LogP contribution in [0.3, 0.4) is 0 Å². The number of rotatable bonds is 4. The molecule has 1 N–H and O–H groups in total. The van der Waals surface area contributed by atoms with Gasteiger partial charge in [-0.3, -0.25) is 0 Å². The van der Waals surface area contributed by atoms with Crippen LogP contribution in [0, 0.1) is 6.92 Å². The molecule has 3 rings (SSSR count). The number of phenolic OH excluding ortho intramolecular Hbond substituents is 1. The Hall–Kier alpha value is -3.13. The molecule has 0 aliphatic carbocycles. The van der Waals surface area contributed by atoms with Crippen molar-refractivity contribution >= 4 is 27.9 Å². The predicted molar refractivity (Wildman–Crippen MR) is 106 cm³/mol. The number of ether oxygens (including phenoxy) is 2. The van der Waals surface area contributed by atoms with Crippen LogP contribution in [-0.4, -0.2) is 41.0 Å². The van der Waals surface area contributed by atoms with E-state index in [2.05, 4.69) is 21.0 Å². The number of aromatic nitrogens is 2. The van der Waals surface area contributed by atoms with E-state index in [9.17, 15) is 14.7 Å².